The average Bonchev–Trinajstić information content (AvgIpc) is 3.27. The van der Waals surface area contributed by atoms with Crippen molar-refractivity contribution in [3.8, 4) is 0 Å². The first kappa shape index (κ1) is 14.0. The lowest BCUT2D eigenvalue weighted by Gasteiger charge is -2.33. The summed E-state index contributed by atoms with van der Waals surface area (Å²) in [5, 5.41) is 9.16. The van der Waals surface area contributed by atoms with Crippen LogP contribution < -0.4 is 0 Å². The van der Waals surface area contributed by atoms with Crippen molar-refractivity contribution in [3.63, 3.8) is 0 Å². The molecule has 21 heavy (non-hydrogen) atoms. The Morgan fingerprint density at radius 2 is 2.00 bits per heavy atom. The predicted molar refractivity (Wildman–Crippen MR) is 71.2 cm³/mol. The number of carbonyl (C=O) groups excluding carboxylic acids is 1. The Morgan fingerprint density at radius 1 is 1.29 bits per heavy atom. The smallest absolute Gasteiger partial charge is 0.328 e. The SMILES string of the molecule is O=C(O)[C@@H]1COCCN1C(=O)[C@H]1C[C@@H]1c1ccc(F)cc1. The molecular formula is C15H16FNO4. The van der Waals surface area contributed by atoms with Crippen molar-refractivity contribution in [2.75, 3.05) is 19.8 Å². The molecule has 0 unspecified atom stereocenters. The maximum atomic E-state index is 12.9. The minimum atomic E-state index is -1.04. The summed E-state index contributed by atoms with van der Waals surface area (Å²) in [4.78, 5) is 25.0. The largest absolute Gasteiger partial charge is 0.480 e. The molecule has 1 aromatic rings. The molecule has 6 heteroatoms. The van der Waals surface area contributed by atoms with Crippen molar-refractivity contribution in [1.82, 2.24) is 4.90 Å². The van der Waals surface area contributed by atoms with Crippen LogP contribution in [0, 0.1) is 11.7 Å². The van der Waals surface area contributed by atoms with Crippen LogP contribution in [0.2, 0.25) is 0 Å². The maximum absolute atomic E-state index is 12.9. The van der Waals surface area contributed by atoms with Crippen molar-refractivity contribution >= 4 is 11.9 Å². The lowest BCUT2D eigenvalue weighted by Crippen LogP contribution is -2.53. The molecule has 1 aliphatic heterocycles. The molecule has 1 amide bonds. The van der Waals surface area contributed by atoms with Gasteiger partial charge in [-0.3, -0.25) is 4.79 Å². The van der Waals surface area contributed by atoms with Gasteiger partial charge in [-0.15, -0.1) is 0 Å². The van der Waals surface area contributed by atoms with Crippen molar-refractivity contribution < 1.29 is 23.8 Å². The first-order valence-corrected chi connectivity index (χ1v) is 6.94. The van der Waals surface area contributed by atoms with Gasteiger partial charge in [-0.1, -0.05) is 12.1 Å². The molecule has 1 N–H and O–H groups in total. The molecular weight excluding hydrogens is 277 g/mol. The maximum Gasteiger partial charge on any atom is 0.328 e. The molecule has 2 aliphatic rings. The van der Waals surface area contributed by atoms with Gasteiger partial charge in [0.05, 0.1) is 13.2 Å². The molecule has 112 valence electrons. The van der Waals surface area contributed by atoms with Gasteiger partial charge in [0.15, 0.2) is 6.04 Å². The van der Waals surface area contributed by atoms with Crippen LogP contribution in [0.3, 0.4) is 0 Å². The van der Waals surface area contributed by atoms with Crippen LogP contribution in [0.4, 0.5) is 4.39 Å². The van der Waals surface area contributed by atoms with E-state index >= 15 is 0 Å². The molecule has 2 fully saturated rings. The molecule has 1 saturated carbocycles. The third-order valence-electron chi connectivity index (χ3n) is 4.10. The fourth-order valence-corrected chi connectivity index (χ4v) is 2.83. The van der Waals surface area contributed by atoms with E-state index in [0.29, 0.717) is 19.6 Å². The van der Waals surface area contributed by atoms with E-state index in [9.17, 15) is 14.0 Å². The second-order valence-electron chi connectivity index (χ2n) is 5.46. The molecule has 3 rings (SSSR count). The molecule has 1 saturated heterocycles. The van der Waals surface area contributed by atoms with Crippen molar-refractivity contribution in [2.45, 2.75) is 18.4 Å². The highest BCUT2D eigenvalue weighted by molar-refractivity contribution is 5.88. The van der Waals surface area contributed by atoms with Gasteiger partial charge < -0.3 is 14.7 Å². The highest BCUT2D eigenvalue weighted by Gasteiger charge is 2.48. The Kier molecular flexibility index (Phi) is 3.63. The van der Waals surface area contributed by atoms with Crippen LogP contribution in [0.25, 0.3) is 0 Å². The third-order valence-corrected chi connectivity index (χ3v) is 4.10. The van der Waals surface area contributed by atoms with Crippen LogP contribution >= 0.6 is 0 Å². The van der Waals surface area contributed by atoms with E-state index < -0.39 is 12.0 Å². The molecule has 0 spiro atoms. The van der Waals surface area contributed by atoms with Crippen LogP contribution in [0.5, 0.6) is 0 Å². The number of carboxylic acids is 1. The highest BCUT2D eigenvalue weighted by Crippen LogP contribution is 2.48. The van der Waals surface area contributed by atoms with E-state index in [4.69, 9.17) is 9.84 Å². The molecule has 1 aromatic carbocycles. The number of nitrogens with zero attached hydrogens (tertiary/aromatic N) is 1. The second kappa shape index (κ2) is 5.44. The molecule has 1 aliphatic carbocycles. The van der Waals surface area contributed by atoms with Gasteiger partial charge in [0.25, 0.3) is 0 Å². The topological polar surface area (TPSA) is 66.8 Å². The van der Waals surface area contributed by atoms with E-state index in [0.717, 1.165) is 5.56 Å². The van der Waals surface area contributed by atoms with E-state index in [2.05, 4.69) is 0 Å². The minimum Gasteiger partial charge on any atom is -0.480 e. The highest BCUT2D eigenvalue weighted by atomic mass is 19.1. The van der Waals surface area contributed by atoms with Gasteiger partial charge in [-0.2, -0.15) is 0 Å². The van der Waals surface area contributed by atoms with Gasteiger partial charge in [-0.05, 0) is 30.0 Å². The summed E-state index contributed by atoms with van der Waals surface area (Å²) in [6.45, 7) is 0.709. The molecule has 3 atom stereocenters. The summed E-state index contributed by atoms with van der Waals surface area (Å²) in [5.74, 6) is -1.62. The predicted octanol–water partition coefficient (Wildman–Crippen LogP) is 1.24. The molecule has 0 aromatic heterocycles. The Hall–Kier alpha value is -1.95. The number of benzene rings is 1. The zero-order valence-electron chi connectivity index (χ0n) is 11.4. The third kappa shape index (κ3) is 2.76. The van der Waals surface area contributed by atoms with Gasteiger partial charge in [0, 0.05) is 12.5 Å². The van der Waals surface area contributed by atoms with Crippen molar-refractivity contribution in [3.05, 3.63) is 35.6 Å². The fraction of sp³-hybridized carbons (Fsp3) is 0.467. The standard InChI is InChI=1S/C15H16FNO4/c16-10-3-1-9(2-4-10)11-7-12(11)14(18)17-5-6-21-8-13(17)15(19)20/h1-4,11-13H,5-8H2,(H,19,20)/t11-,12+,13+/m1/s1. The lowest BCUT2D eigenvalue weighted by molar-refractivity contribution is -0.158. The Bertz CT molecular complexity index is 559. The first-order valence-electron chi connectivity index (χ1n) is 6.94. The summed E-state index contributed by atoms with van der Waals surface area (Å²) < 4.78 is 18.0. The van der Waals surface area contributed by atoms with Gasteiger partial charge in [0.2, 0.25) is 5.91 Å². The van der Waals surface area contributed by atoms with Crippen LogP contribution in [0.15, 0.2) is 24.3 Å². The lowest BCUT2D eigenvalue weighted by atomic mass is 10.1. The van der Waals surface area contributed by atoms with Crippen LogP contribution in [-0.4, -0.2) is 47.7 Å². The minimum absolute atomic E-state index is 0.0367. The molecule has 0 bridgehead atoms. The monoisotopic (exact) mass is 293 g/mol. The quantitative estimate of drug-likeness (QED) is 0.910. The molecule has 0 radical (unpaired) electrons. The van der Waals surface area contributed by atoms with Crippen LogP contribution in [0.1, 0.15) is 17.9 Å². The number of halogens is 1. The Labute approximate surface area is 121 Å². The van der Waals surface area contributed by atoms with Gasteiger partial charge in [-0.25, -0.2) is 9.18 Å². The summed E-state index contributed by atoms with van der Waals surface area (Å²) in [6, 6.07) is 5.22. The number of carbonyl (C=O) groups is 2. The summed E-state index contributed by atoms with van der Waals surface area (Å²) in [7, 11) is 0. The number of amides is 1. The Morgan fingerprint density at radius 3 is 2.67 bits per heavy atom. The number of rotatable bonds is 3. The number of morpholine rings is 1. The number of hydrogen-bond acceptors (Lipinski definition) is 3. The van der Waals surface area contributed by atoms with Gasteiger partial charge in [0.1, 0.15) is 5.82 Å². The van der Waals surface area contributed by atoms with E-state index in [1.165, 1.54) is 17.0 Å². The summed E-state index contributed by atoms with van der Waals surface area (Å²) in [6.07, 6.45) is 0.689. The summed E-state index contributed by atoms with van der Waals surface area (Å²) in [5.41, 5.74) is 0.926. The normalized spacial score (nSPS) is 28.2. The number of hydrogen-bond donors (Lipinski definition) is 1. The zero-order valence-corrected chi connectivity index (χ0v) is 11.4. The first-order chi connectivity index (χ1) is 10.1. The molecule has 5 nitrogen and oxygen atoms in total. The number of aliphatic carboxylic acids is 1. The number of ether oxygens (including phenoxy) is 1. The Balaban J connectivity index is 1.69. The average molecular weight is 293 g/mol. The zero-order chi connectivity index (χ0) is 15.0. The molecule has 1 heterocycles. The van der Waals surface area contributed by atoms with Gasteiger partial charge >= 0.3 is 5.97 Å². The van der Waals surface area contributed by atoms with Crippen molar-refractivity contribution in [2.24, 2.45) is 5.92 Å². The van der Waals surface area contributed by atoms with E-state index in [1.807, 2.05) is 0 Å². The van der Waals surface area contributed by atoms with E-state index in [1.54, 1.807) is 12.1 Å². The summed E-state index contributed by atoms with van der Waals surface area (Å²) >= 11 is 0. The van der Waals surface area contributed by atoms with Crippen molar-refractivity contribution in [1.29, 1.82) is 0 Å². The fourth-order valence-electron chi connectivity index (χ4n) is 2.83. The second-order valence-corrected chi connectivity index (χ2v) is 5.46. The van der Waals surface area contributed by atoms with E-state index in [-0.39, 0.29) is 30.2 Å². The number of carboxylic acid groups (broad SMARTS) is 1. The van der Waals surface area contributed by atoms with Crippen LogP contribution in [-0.2, 0) is 14.3 Å².